The van der Waals surface area contributed by atoms with E-state index in [9.17, 15) is 28.1 Å². The van der Waals surface area contributed by atoms with Crippen molar-refractivity contribution in [3.63, 3.8) is 0 Å². The fraction of sp³-hybridized carbons (Fsp3) is 0.385. The van der Waals surface area contributed by atoms with Gasteiger partial charge in [-0.3, -0.25) is 14.9 Å². The SMILES string of the molecule is N#C[C@@H]1COCCN1C(=O)c1cc([N+](=O)[O-])cc(C(F)(F)F)c1. The molecular weight excluding hydrogens is 319 g/mol. The summed E-state index contributed by atoms with van der Waals surface area (Å²) in [6, 6.07) is 2.52. The Bertz CT molecular complexity index is 684. The van der Waals surface area contributed by atoms with Gasteiger partial charge in [0.1, 0.15) is 6.04 Å². The zero-order valence-electron chi connectivity index (χ0n) is 11.5. The Morgan fingerprint density at radius 3 is 2.70 bits per heavy atom. The molecule has 1 aliphatic rings. The van der Waals surface area contributed by atoms with Gasteiger partial charge in [0.15, 0.2) is 0 Å². The Kier molecular flexibility index (Phi) is 4.51. The lowest BCUT2D eigenvalue weighted by Gasteiger charge is -2.31. The minimum Gasteiger partial charge on any atom is -0.376 e. The summed E-state index contributed by atoms with van der Waals surface area (Å²) in [7, 11) is 0. The first kappa shape index (κ1) is 16.7. The van der Waals surface area contributed by atoms with Crippen LogP contribution in [-0.4, -0.2) is 41.5 Å². The zero-order valence-corrected chi connectivity index (χ0v) is 11.5. The van der Waals surface area contributed by atoms with Crippen molar-refractivity contribution in [1.82, 2.24) is 4.90 Å². The molecule has 1 aromatic rings. The van der Waals surface area contributed by atoms with E-state index >= 15 is 0 Å². The second-order valence-corrected chi connectivity index (χ2v) is 4.74. The Balaban J connectivity index is 2.45. The van der Waals surface area contributed by atoms with Crippen LogP contribution >= 0.6 is 0 Å². The number of benzene rings is 1. The molecule has 7 nitrogen and oxygen atoms in total. The van der Waals surface area contributed by atoms with Crippen LogP contribution in [-0.2, 0) is 10.9 Å². The first-order valence-electron chi connectivity index (χ1n) is 6.39. The second kappa shape index (κ2) is 6.21. The van der Waals surface area contributed by atoms with E-state index in [0.29, 0.717) is 12.1 Å². The van der Waals surface area contributed by atoms with Crippen molar-refractivity contribution in [1.29, 1.82) is 5.26 Å². The lowest BCUT2D eigenvalue weighted by Crippen LogP contribution is -2.48. The molecule has 0 aliphatic carbocycles. The summed E-state index contributed by atoms with van der Waals surface area (Å²) in [6.07, 6.45) is -4.83. The highest BCUT2D eigenvalue weighted by Gasteiger charge is 2.35. The minimum absolute atomic E-state index is 0.0150. The highest BCUT2D eigenvalue weighted by molar-refractivity contribution is 5.95. The van der Waals surface area contributed by atoms with Crippen LogP contribution in [0.15, 0.2) is 18.2 Å². The van der Waals surface area contributed by atoms with E-state index in [0.717, 1.165) is 11.0 Å². The molecular formula is C13H10F3N3O4. The third-order valence-corrected chi connectivity index (χ3v) is 3.24. The molecule has 0 spiro atoms. The molecule has 1 fully saturated rings. The van der Waals surface area contributed by atoms with Crippen LogP contribution in [0.5, 0.6) is 0 Å². The number of non-ortho nitro benzene ring substituents is 1. The Hall–Kier alpha value is -2.67. The van der Waals surface area contributed by atoms with Crippen LogP contribution in [0.25, 0.3) is 0 Å². The second-order valence-electron chi connectivity index (χ2n) is 4.74. The first-order valence-corrected chi connectivity index (χ1v) is 6.39. The Labute approximate surface area is 128 Å². The summed E-state index contributed by atoms with van der Waals surface area (Å²) in [5.41, 5.74) is -2.63. The van der Waals surface area contributed by atoms with Gasteiger partial charge < -0.3 is 9.64 Å². The van der Waals surface area contributed by atoms with Crippen molar-refractivity contribution in [2.75, 3.05) is 19.8 Å². The standard InChI is InChI=1S/C13H10F3N3O4/c14-13(15,16)9-3-8(4-10(5-9)19(21)22)12(20)18-1-2-23-7-11(18)6-17/h3-5,11H,1-2,7H2/t11-/m1/s1. The van der Waals surface area contributed by atoms with Gasteiger partial charge in [-0.25, -0.2) is 0 Å². The van der Waals surface area contributed by atoms with Crippen LogP contribution in [0, 0.1) is 21.4 Å². The van der Waals surface area contributed by atoms with Crippen molar-refractivity contribution in [2.24, 2.45) is 0 Å². The monoisotopic (exact) mass is 329 g/mol. The molecule has 1 aromatic carbocycles. The molecule has 1 saturated heterocycles. The predicted octanol–water partition coefficient (Wildman–Crippen LogP) is 1.98. The van der Waals surface area contributed by atoms with Gasteiger partial charge in [0.2, 0.25) is 0 Å². The summed E-state index contributed by atoms with van der Waals surface area (Å²) in [5.74, 6) is -0.881. The average molecular weight is 329 g/mol. The number of amides is 1. The first-order chi connectivity index (χ1) is 10.7. The normalized spacial score (nSPS) is 18.3. The summed E-state index contributed by atoms with van der Waals surface area (Å²) >= 11 is 0. The number of nitriles is 1. The number of nitro groups is 1. The third kappa shape index (κ3) is 3.57. The van der Waals surface area contributed by atoms with E-state index in [1.807, 2.05) is 6.07 Å². The Morgan fingerprint density at radius 2 is 2.13 bits per heavy atom. The van der Waals surface area contributed by atoms with Crippen molar-refractivity contribution in [2.45, 2.75) is 12.2 Å². The largest absolute Gasteiger partial charge is 0.416 e. The maximum absolute atomic E-state index is 12.8. The molecule has 2 rings (SSSR count). The lowest BCUT2D eigenvalue weighted by atomic mass is 10.1. The number of alkyl halides is 3. The van der Waals surface area contributed by atoms with Crippen LogP contribution in [0.3, 0.4) is 0 Å². The smallest absolute Gasteiger partial charge is 0.376 e. The van der Waals surface area contributed by atoms with E-state index in [-0.39, 0.29) is 19.8 Å². The van der Waals surface area contributed by atoms with Gasteiger partial charge in [-0.2, -0.15) is 18.4 Å². The lowest BCUT2D eigenvalue weighted by molar-refractivity contribution is -0.385. The number of morpholine rings is 1. The number of halogens is 3. The third-order valence-electron chi connectivity index (χ3n) is 3.24. The van der Waals surface area contributed by atoms with Gasteiger partial charge in [0, 0.05) is 24.2 Å². The van der Waals surface area contributed by atoms with Gasteiger partial charge in [0.25, 0.3) is 11.6 Å². The van der Waals surface area contributed by atoms with Gasteiger partial charge in [-0.1, -0.05) is 0 Å². The summed E-state index contributed by atoms with van der Waals surface area (Å²) in [4.78, 5) is 23.2. The van der Waals surface area contributed by atoms with E-state index in [4.69, 9.17) is 10.00 Å². The van der Waals surface area contributed by atoms with Gasteiger partial charge in [-0.15, -0.1) is 0 Å². The molecule has 0 N–H and O–H groups in total. The topological polar surface area (TPSA) is 96.5 Å². The van der Waals surface area contributed by atoms with Crippen LogP contribution in [0.2, 0.25) is 0 Å². The van der Waals surface area contributed by atoms with Crippen LogP contribution < -0.4 is 0 Å². The number of nitrogens with zero attached hydrogens (tertiary/aromatic N) is 3. The van der Waals surface area contributed by atoms with E-state index in [1.165, 1.54) is 0 Å². The molecule has 0 saturated carbocycles. The maximum atomic E-state index is 12.8. The van der Waals surface area contributed by atoms with Crippen LogP contribution in [0.4, 0.5) is 18.9 Å². The predicted molar refractivity (Wildman–Crippen MR) is 69.4 cm³/mol. The molecule has 0 bridgehead atoms. The number of ether oxygens (including phenoxy) is 1. The molecule has 23 heavy (non-hydrogen) atoms. The quantitative estimate of drug-likeness (QED) is 0.610. The number of carbonyl (C=O) groups is 1. The number of hydrogen-bond acceptors (Lipinski definition) is 5. The number of hydrogen-bond donors (Lipinski definition) is 0. The number of rotatable bonds is 2. The molecule has 1 heterocycles. The molecule has 1 aliphatic heterocycles. The summed E-state index contributed by atoms with van der Waals surface area (Å²) in [6.45, 7) is 0.0787. The molecule has 1 amide bonds. The minimum atomic E-state index is -4.83. The van der Waals surface area contributed by atoms with E-state index in [1.54, 1.807) is 0 Å². The highest BCUT2D eigenvalue weighted by Crippen LogP contribution is 2.33. The number of carbonyl (C=O) groups excluding carboxylic acids is 1. The molecule has 0 aromatic heterocycles. The zero-order chi connectivity index (χ0) is 17.2. The molecule has 1 atom stereocenters. The van der Waals surface area contributed by atoms with Crippen molar-refractivity contribution in [3.8, 4) is 6.07 Å². The molecule has 10 heteroatoms. The summed E-state index contributed by atoms with van der Waals surface area (Å²) < 4.78 is 43.5. The molecule has 0 radical (unpaired) electrons. The van der Waals surface area contributed by atoms with Crippen molar-refractivity contribution >= 4 is 11.6 Å². The van der Waals surface area contributed by atoms with Gasteiger partial charge >= 0.3 is 6.18 Å². The maximum Gasteiger partial charge on any atom is 0.416 e. The highest BCUT2D eigenvalue weighted by atomic mass is 19.4. The van der Waals surface area contributed by atoms with E-state index in [2.05, 4.69) is 0 Å². The van der Waals surface area contributed by atoms with Crippen molar-refractivity contribution in [3.05, 3.63) is 39.4 Å². The molecule has 122 valence electrons. The number of nitro benzene ring substituents is 1. The fourth-order valence-electron chi connectivity index (χ4n) is 2.12. The van der Waals surface area contributed by atoms with Gasteiger partial charge in [0.05, 0.1) is 29.8 Å². The fourth-order valence-corrected chi connectivity index (χ4v) is 2.12. The molecule has 0 unspecified atom stereocenters. The van der Waals surface area contributed by atoms with Crippen molar-refractivity contribution < 1.29 is 27.6 Å². The van der Waals surface area contributed by atoms with Gasteiger partial charge in [-0.05, 0) is 6.07 Å². The Morgan fingerprint density at radius 1 is 1.43 bits per heavy atom. The van der Waals surface area contributed by atoms with E-state index < -0.39 is 39.9 Å². The summed E-state index contributed by atoms with van der Waals surface area (Å²) in [5, 5.41) is 19.8. The average Bonchev–Trinajstić information content (AvgIpc) is 2.52. The van der Waals surface area contributed by atoms with Crippen LogP contribution in [0.1, 0.15) is 15.9 Å².